The molecule has 1 fully saturated rings. The summed E-state index contributed by atoms with van der Waals surface area (Å²) in [6, 6.07) is 8.89. The maximum Gasteiger partial charge on any atom is 0.229 e. The Labute approximate surface area is 261 Å². The number of halogens is 1. The van der Waals surface area contributed by atoms with E-state index in [1.165, 1.54) is 11.1 Å². The number of nitrogens with zero attached hydrogens (tertiary/aromatic N) is 3. The largest absolute Gasteiger partial charge is 0.416 e. The van der Waals surface area contributed by atoms with Gasteiger partial charge in [-0.1, -0.05) is 79.7 Å². The normalized spacial score (nSPS) is 24.5. The molecular weight excluding hydrogens is 578 g/mol. The lowest BCUT2D eigenvalue weighted by atomic mass is 9.86. The number of aromatic nitrogens is 3. The molecule has 4 atom stereocenters. The molecule has 0 saturated heterocycles. The standard InChI is InChI=1S/C32H54ClN5O2Si2/c1-30(2,3)41(9,10)39-20-21-17-22(18-26(21)40-42(11,12)31(4,5)6)34-28-36-27(33)37-29(38-28)35-25-19-32(7,8)24-16-14-13-15-23(24)25/h13-16,21-22,25-26H,17-20H2,1-12H3,(H2,34,35,36,37,38)/t21-,22+,25-,26-/m0/s1. The summed E-state index contributed by atoms with van der Waals surface area (Å²) in [6.45, 7) is 28.4. The summed E-state index contributed by atoms with van der Waals surface area (Å²) in [5.41, 5.74) is 2.74. The number of rotatable bonds is 9. The molecule has 1 aromatic carbocycles. The average Bonchev–Trinajstić information content (AvgIpc) is 3.32. The van der Waals surface area contributed by atoms with Crippen LogP contribution in [-0.2, 0) is 14.3 Å². The lowest BCUT2D eigenvalue weighted by Crippen LogP contribution is -2.46. The van der Waals surface area contributed by atoms with Crippen LogP contribution in [0.5, 0.6) is 0 Å². The molecule has 2 aliphatic carbocycles. The molecule has 42 heavy (non-hydrogen) atoms. The second-order valence-electron chi connectivity index (χ2n) is 16.2. The maximum atomic E-state index is 7.03. The minimum Gasteiger partial charge on any atom is -0.416 e. The lowest BCUT2D eigenvalue weighted by molar-refractivity contribution is 0.101. The summed E-state index contributed by atoms with van der Waals surface area (Å²) in [4.78, 5) is 13.7. The van der Waals surface area contributed by atoms with E-state index in [1.807, 2.05) is 0 Å². The molecular formula is C32H54ClN5O2Si2. The van der Waals surface area contributed by atoms with Crippen molar-refractivity contribution < 1.29 is 8.85 Å². The van der Waals surface area contributed by atoms with Crippen LogP contribution in [0.15, 0.2) is 24.3 Å². The number of benzene rings is 1. The van der Waals surface area contributed by atoms with Crippen LogP contribution in [0, 0.1) is 5.92 Å². The van der Waals surface area contributed by atoms with E-state index in [4.69, 9.17) is 25.4 Å². The van der Waals surface area contributed by atoms with Crippen LogP contribution >= 0.6 is 11.6 Å². The number of hydrogen-bond acceptors (Lipinski definition) is 7. The minimum atomic E-state index is -1.97. The molecule has 1 heterocycles. The van der Waals surface area contributed by atoms with Crippen LogP contribution in [0.25, 0.3) is 0 Å². The van der Waals surface area contributed by atoms with Gasteiger partial charge in [-0.15, -0.1) is 0 Å². The van der Waals surface area contributed by atoms with Gasteiger partial charge in [0.25, 0.3) is 0 Å². The van der Waals surface area contributed by atoms with E-state index >= 15 is 0 Å². The van der Waals surface area contributed by atoms with Gasteiger partial charge in [-0.3, -0.25) is 0 Å². The molecule has 0 spiro atoms. The van der Waals surface area contributed by atoms with Crippen LogP contribution in [-0.4, -0.2) is 50.3 Å². The molecule has 2 N–H and O–H groups in total. The molecule has 0 bridgehead atoms. The zero-order chi connectivity index (χ0) is 31.3. The average molecular weight is 632 g/mol. The lowest BCUT2D eigenvalue weighted by Gasteiger charge is -2.41. The quantitative estimate of drug-likeness (QED) is 0.267. The Hall–Kier alpha value is -1.53. The van der Waals surface area contributed by atoms with Gasteiger partial charge in [0.15, 0.2) is 16.6 Å². The third-order valence-corrected chi connectivity index (χ3v) is 19.5. The first-order chi connectivity index (χ1) is 19.2. The summed E-state index contributed by atoms with van der Waals surface area (Å²) in [5, 5.41) is 7.64. The van der Waals surface area contributed by atoms with E-state index in [0.717, 1.165) is 25.9 Å². The van der Waals surface area contributed by atoms with Gasteiger partial charge in [-0.25, -0.2) is 0 Å². The van der Waals surface area contributed by atoms with Crippen molar-refractivity contribution in [1.29, 1.82) is 0 Å². The zero-order valence-electron chi connectivity index (χ0n) is 28.0. The second-order valence-corrected chi connectivity index (χ2v) is 26.1. The molecule has 2 aliphatic rings. The summed E-state index contributed by atoms with van der Waals surface area (Å²) in [7, 11) is -3.85. The summed E-state index contributed by atoms with van der Waals surface area (Å²) >= 11 is 6.44. The molecule has 234 valence electrons. The Morgan fingerprint density at radius 1 is 0.881 bits per heavy atom. The van der Waals surface area contributed by atoms with Crippen molar-refractivity contribution in [3.05, 3.63) is 40.7 Å². The summed E-state index contributed by atoms with van der Waals surface area (Å²) in [6.07, 6.45) is 2.90. The molecule has 0 radical (unpaired) electrons. The monoisotopic (exact) mass is 631 g/mol. The first-order valence-electron chi connectivity index (χ1n) is 15.5. The van der Waals surface area contributed by atoms with Crippen LogP contribution < -0.4 is 10.6 Å². The van der Waals surface area contributed by atoms with Gasteiger partial charge in [-0.2, -0.15) is 15.0 Å². The fourth-order valence-corrected chi connectivity index (χ4v) is 8.33. The third-order valence-electron chi connectivity index (χ3n) is 10.4. The van der Waals surface area contributed by atoms with Crippen LogP contribution in [0.1, 0.15) is 91.8 Å². The SMILES string of the molecule is CC1(C)C[C@H](Nc2nc(Cl)nc(N[C@@H]3C[C@@H](CO[Si](C)(C)C(C)(C)C)[C@@H](O[Si](C)(C)C(C)(C)C)C3)n2)c2ccccc21. The molecule has 1 saturated carbocycles. The first kappa shape index (κ1) is 33.4. The fraction of sp³-hybridized carbons (Fsp3) is 0.719. The van der Waals surface area contributed by atoms with Gasteiger partial charge in [0, 0.05) is 18.6 Å². The summed E-state index contributed by atoms with van der Waals surface area (Å²) < 4.78 is 13.8. The number of nitrogens with one attached hydrogen (secondary N) is 2. The number of fused-ring (bicyclic) bond motifs is 1. The van der Waals surface area contributed by atoms with Gasteiger partial charge in [-0.05, 0) is 83.7 Å². The maximum absolute atomic E-state index is 7.03. The highest BCUT2D eigenvalue weighted by Gasteiger charge is 2.46. The Morgan fingerprint density at radius 2 is 1.48 bits per heavy atom. The van der Waals surface area contributed by atoms with Crippen molar-refractivity contribution in [2.45, 2.75) is 135 Å². The van der Waals surface area contributed by atoms with Crippen molar-refractivity contribution in [2.75, 3.05) is 17.2 Å². The third kappa shape index (κ3) is 7.40. The Bertz CT molecular complexity index is 1260. The fourth-order valence-electron chi connectivity index (χ4n) is 5.70. The molecule has 10 heteroatoms. The van der Waals surface area contributed by atoms with E-state index in [-0.39, 0.29) is 39.0 Å². The molecule has 1 aromatic heterocycles. The number of anilines is 2. The van der Waals surface area contributed by atoms with Crippen molar-refractivity contribution >= 4 is 40.1 Å². The smallest absolute Gasteiger partial charge is 0.229 e. The van der Waals surface area contributed by atoms with E-state index in [1.54, 1.807) is 0 Å². The highest BCUT2D eigenvalue weighted by Crippen LogP contribution is 2.46. The van der Waals surface area contributed by atoms with Crippen LogP contribution in [0.2, 0.25) is 41.5 Å². The topological polar surface area (TPSA) is 81.2 Å². The van der Waals surface area contributed by atoms with Crippen molar-refractivity contribution in [2.24, 2.45) is 5.92 Å². The van der Waals surface area contributed by atoms with Crippen LogP contribution in [0.3, 0.4) is 0 Å². The Balaban J connectivity index is 1.50. The van der Waals surface area contributed by atoms with Crippen molar-refractivity contribution in [3.63, 3.8) is 0 Å². The van der Waals surface area contributed by atoms with Gasteiger partial charge >= 0.3 is 0 Å². The minimum absolute atomic E-state index is 0.0800. The molecule has 4 rings (SSSR count). The van der Waals surface area contributed by atoms with E-state index in [2.05, 4.69) is 126 Å². The van der Waals surface area contributed by atoms with E-state index in [0.29, 0.717) is 17.8 Å². The zero-order valence-corrected chi connectivity index (χ0v) is 30.7. The molecule has 0 aliphatic heterocycles. The predicted molar refractivity (Wildman–Crippen MR) is 181 cm³/mol. The highest BCUT2D eigenvalue weighted by atomic mass is 35.5. The van der Waals surface area contributed by atoms with E-state index in [9.17, 15) is 0 Å². The Kier molecular flexibility index (Phi) is 9.35. The molecule has 7 nitrogen and oxygen atoms in total. The van der Waals surface area contributed by atoms with Gasteiger partial charge in [0.05, 0.1) is 12.1 Å². The van der Waals surface area contributed by atoms with Gasteiger partial charge < -0.3 is 19.5 Å². The summed E-state index contributed by atoms with van der Waals surface area (Å²) in [5.74, 6) is 1.31. The first-order valence-corrected chi connectivity index (χ1v) is 21.7. The van der Waals surface area contributed by atoms with Crippen molar-refractivity contribution in [1.82, 2.24) is 15.0 Å². The second kappa shape index (κ2) is 11.8. The number of hydrogen-bond donors (Lipinski definition) is 2. The van der Waals surface area contributed by atoms with E-state index < -0.39 is 16.6 Å². The van der Waals surface area contributed by atoms with Gasteiger partial charge in [0.1, 0.15) is 0 Å². The molecule has 0 unspecified atom stereocenters. The Morgan fingerprint density at radius 3 is 2.10 bits per heavy atom. The van der Waals surface area contributed by atoms with Crippen LogP contribution in [0.4, 0.5) is 11.9 Å². The molecule has 0 amide bonds. The molecule has 2 aromatic rings. The van der Waals surface area contributed by atoms with Crippen molar-refractivity contribution in [3.8, 4) is 0 Å². The van der Waals surface area contributed by atoms with Gasteiger partial charge in [0.2, 0.25) is 17.2 Å². The highest BCUT2D eigenvalue weighted by molar-refractivity contribution is 6.74. The predicted octanol–water partition coefficient (Wildman–Crippen LogP) is 8.96.